The van der Waals surface area contributed by atoms with E-state index in [2.05, 4.69) is 20.2 Å². The van der Waals surface area contributed by atoms with Crippen molar-refractivity contribution in [3.05, 3.63) is 34.7 Å². The number of piperazine rings is 1. The molecule has 9 heteroatoms. The molecule has 1 atom stereocenters. The van der Waals surface area contributed by atoms with Crippen LogP contribution < -0.4 is 21.5 Å². The summed E-state index contributed by atoms with van der Waals surface area (Å²) in [6.45, 7) is 5.17. The Bertz CT molecular complexity index is 964. The van der Waals surface area contributed by atoms with Crippen molar-refractivity contribution in [3.8, 4) is 0 Å². The average molecular weight is 384 g/mol. The molecule has 28 heavy (non-hydrogen) atoms. The second-order valence-electron chi connectivity index (χ2n) is 7.25. The molecule has 9 nitrogen and oxygen atoms in total. The first-order valence-electron chi connectivity index (χ1n) is 9.59. The number of anilines is 1. The summed E-state index contributed by atoms with van der Waals surface area (Å²) in [5.41, 5.74) is 6.31. The van der Waals surface area contributed by atoms with Crippen LogP contribution in [-0.4, -0.2) is 65.8 Å². The van der Waals surface area contributed by atoms with Gasteiger partial charge in [0.05, 0.1) is 11.6 Å². The number of hydrogen-bond acceptors (Lipinski definition) is 7. The zero-order valence-corrected chi connectivity index (χ0v) is 15.6. The van der Waals surface area contributed by atoms with E-state index in [1.165, 1.54) is 4.68 Å². The smallest absolute Gasteiger partial charge is 0.275 e. The third kappa shape index (κ3) is 3.50. The molecule has 3 N–H and O–H groups in total. The Morgan fingerprint density at radius 1 is 1.14 bits per heavy atom. The third-order valence-electron chi connectivity index (χ3n) is 5.48. The van der Waals surface area contributed by atoms with Gasteiger partial charge in [-0.25, -0.2) is 4.68 Å². The van der Waals surface area contributed by atoms with Crippen LogP contribution in [0.15, 0.2) is 29.2 Å². The van der Waals surface area contributed by atoms with Crippen molar-refractivity contribution in [2.75, 3.05) is 44.2 Å². The van der Waals surface area contributed by atoms with Crippen molar-refractivity contribution in [1.82, 2.24) is 20.0 Å². The van der Waals surface area contributed by atoms with E-state index in [4.69, 9.17) is 5.73 Å². The van der Waals surface area contributed by atoms with E-state index in [1.807, 2.05) is 18.2 Å². The maximum Gasteiger partial charge on any atom is 0.275 e. The monoisotopic (exact) mass is 384 g/mol. The normalized spacial score (nSPS) is 21.2. The molecule has 0 bridgehead atoms. The minimum absolute atomic E-state index is 0.204. The molecule has 0 radical (unpaired) electrons. The van der Waals surface area contributed by atoms with Crippen LogP contribution in [0.3, 0.4) is 0 Å². The summed E-state index contributed by atoms with van der Waals surface area (Å²) in [5, 5.41) is 7.72. The third-order valence-corrected chi connectivity index (χ3v) is 5.48. The molecule has 148 valence electrons. The number of rotatable bonds is 4. The topological polar surface area (TPSA) is 114 Å². The zero-order chi connectivity index (χ0) is 19.7. The van der Waals surface area contributed by atoms with Crippen molar-refractivity contribution < 1.29 is 9.59 Å². The Morgan fingerprint density at radius 2 is 1.93 bits per heavy atom. The highest BCUT2D eigenvalue weighted by Gasteiger charge is 2.30. The highest BCUT2D eigenvalue weighted by molar-refractivity contribution is 5.99. The number of fused-ring (bicyclic) bond motifs is 1. The Balaban J connectivity index is 1.62. The predicted molar refractivity (Wildman–Crippen MR) is 105 cm³/mol. The fourth-order valence-corrected chi connectivity index (χ4v) is 3.89. The molecule has 2 fully saturated rings. The van der Waals surface area contributed by atoms with Gasteiger partial charge in [0.1, 0.15) is 6.04 Å². The summed E-state index contributed by atoms with van der Waals surface area (Å²) in [4.78, 5) is 41.1. The van der Waals surface area contributed by atoms with Crippen LogP contribution in [0.4, 0.5) is 5.69 Å². The van der Waals surface area contributed by atoms with Crippen molar-refractivity contribution in [2.24, 2.45) is 5.73 Å². The van der Waals surface area contributed by atoms with Gasteiger partial charge in [0.25, 0.3) is 11.5 Å². The molecular weight excluding hydrogens is 360 g/mol. The molecule has 2 saturated heterocycles. The number of nitrogens with zero attached hydrogens (tertiary/aromatic N) is 4. The van der Waals surface area contributed by atoms with Gasteiger partial charge in [-0.05, 0) is 18.6 Å². The number of nitrogens with two attached hydrogens (primary N) is 1. The molecule has 4 rings (SSSR count). The van der Waals surface area contributed by atoms with E-state index in [0.29, 0.717) is 11.9 Å². The van der Waals surface area contributed by atoms with E-state index < -0.39 is 11.9 Å². The lowest BCUT2D eigenvalue weighted by Gasteiger charge is -2.36. The molecule has 0 aliphatic carbocycles. The van der Waals surface area contributed by atoms with E-state index in [9.17, 15) is 14.4 Å². The number of amides is 2. The SMILES string of the molecule is NCCN1CCN(c2ccc3cnn(C4CCC(=O)NC4=O)c(=O)c3c2)CC1. The van der Waals surface area contributed by atoms with Crippen molar-refractivity contribution in [1.29, 1.82) is 0 Å². The summed E-state index contributed by atoms with van der Waals surface area (Å²) in [5.74, 6) is -0.788. The van der Waals surface area contributed by atoms with E-state index >= 15 is 0 Å². The number of aromatic nitrogens is 2. The second-order valence-corrected chi connectivity index (χ2v) is 7.25. The quantitative estimate of drug-likeness (QED) is 0.680. The lowest BCUT2D eigenvalue weighted by molar-refractivity contribution is -0.136. The van der Waals surface area contributed by atoms with Gasteiger partial charge in [-0.2, -0.15) is 5.10 Å². The van der Waals surface area contributed by atoms with E-state index in [1.54, 1.807) is 6.20 Å². The van der Waals surface area contributed by atoms with Gasteiger partial charge in [0, 0.05) is 56.8 Å². The van der Waals surface area contributed by atoms with Gasteiger partial charge in [0.15, 0.2) is 0 Å². The largest absolute Gasteiger partial charge is 0.369 e. The summed E-state index contributed by atoms with van der Waals surface area (Å²) < 4.78 is 1.20. The van der Waals surface area contributed by atoms with Crippen LogP contribution in [0.5, 0.6) is 0 Å². The molecule has 1 aromatic carbocycles. The van der Waals surface area contributed by atoms with Crippen LogP contribution in [0, 0.1) is 0 Å². The summed E-state index contributed by atoms with van der Waals surface area (Å²) in [7, 11) is 0. The number of piperidine rings is 1. The first-order valence-corrected chi connectivity index (χ1v) is 9.59. The lowest BCUT2D eigenvalue weighted by atomic mass is 10.1. The minimum atomic E-state index is -0.752. The van der Waals surface area contributed by atoms with Crippen LogP contribution >= 0.6 is 0 Å². The molecule has 2 aromatic rings. The molecule has 2 amide bonds. The maximum atomic E-state index is 13.0. The van der Waals surface area contributed by atoms with Crippen molar-refractivity contribution in [2.45, 2.75) is 18.9 Å². The predicted octanol–water partition coefficient (Wildman–Crippen LogP) is -0.545. The molecule has 1 unspecified atom stereocenters. The van der Waals surface area contributed by atoms with Gasteiger partial charge >= 0.3 is 0 Å². The van der Waals surface area contributed by atoms with Gasteiger partial charge in [-0.1, -0.05) is 6.07 Å². The van der Waals surface area contributed by atoms with Gasteiger partial charge in [-0.15, -0.1) is 0 Å². The van der Waals surface area contributed by atoms with Crippen LogP contribution in [0.1, 0.15) is 18.9 Å². The molecule has 0 spiro atoms. The van der Waals surface area contributed by atoms with Crippen LogP contribution in [-0.2, 0) is 9.59 Å². The minimum Gasteiger partial charge on any atom is -0.369 e. The summed E-state index contributed by atoms with van der Waals surface area (Å²) in [6.07, 6.45) is 2.09. The zero-order valence-electron chi connectivity index (χ0n) is 15.6. The van der Waals surface area contributed by atoms with Crippen molar-refractivity contribution in [3.63, 3.8) is 0 Å². The molecular formula is C19H24N6O3. The maximum absolute atomic E-state index is 13.0. The Hall–Kier alpha value is -2.78. The fraction of sp³-hybridized carbons (Fsp3) is 0.474. The Kier molecular flexibility index (Phi) is 5.10. The standard InChI is InChI=1S/C19H24N6O3/c20-5-6-23-7-9-24(10-8-23)14-2-1-13-12-21-25(19(28)15(13)11-14)16-3-4-17(26)22-18(16)27/h1-2,11-12,16H,3-10,20H2,(H,22,26,27). The molecule has 0 saturated carbocycles. The average Bonchev–Trinajstić information content (AvgIpc) is 2.70. The number of imide groups is 1. The first kappa shape index (κ1) is 18.6. The van der Waals surface area contributed by atoms with E-state index in [0.717, 1.165) is 43.8 Å². The summed E-state index contributed by atoms with van der Waals surface area (Å²) >= 11 is 0. The lowest BCUT2D eigenvalue weighted by Crippen LogP contribution is -2.47. The van der Waals surface area contributed by atoms with Crippen LogP contribution in [0.25, 0.3) is 10.8 Å². The number of hydrogen-bond donors (Lipinski definition) is 2. The number of nitrogens with one attached hydrogen (secondary N) is 1. The number of carbonyl (C=O) groups excluding carboxylic acids is 2. The second kappa shape index (κ2) is 7.69. The molecule has 3 heterocycles. The highest BCUT2D eigenvalue weighted by atomic mass is 16.2. The highest BCUT2D eigenvalue weighted by Crippen LogP contribution is 2.22. The van der Waals surface area contributed by atoms with Gasteiger partial charge < -0.3 is 10.6 Å². The number of benzene rings is 1. The van der Waals surface area contributed by atoms with Crippen LogP contribution in [0.2, 0.25) is 0 Å². The molecule has 2 aliphatic rings. The van der Waals surface area contributed by atoms with E-state index in [-0.39, 0.29) is 24.3 Å². The van der Waals surface area contributed by atoms with Gasteiger partial charge in [-0.3, -0.25) is 24.6 Å². The first-order chi connectivity index (χ1) is 13.6. The molecule has 1 aromatic heterocycles. The number of carbonyl (C=O) groups is 2. The summed E-state index contributed by atoms with van der Waals surface area (Å²) in [6, 6.07) is 5.01. The van der Waals surface area contributed by atoms with Crippen molar-refractivity contribution >= 4 is 28.3 Å². The Morgan fingerprint density at radius 3 is 2.64 bits per heavy atom. The molecule has 2 aliphatic heterocycles. The Labute approximate surface area is 162 Å². The van der Waals surface area contributed by atoms with Gasteiger partial charge in [0.2, 0.25) is 5.91 Å². The fourth-order valence-electron chi connectivity index (χ4n) is 3.89.